The Morgan fingerprint density at radius 3 is 2.62 bits per heavy atom. The van der Waals surface area contributed by atoms with Crippen LogP contribution in [-0.2, 0) is 18.0 Å². The monoisotopic (exact) mass is 361 g/mol. The van der Waals surface area contributed by atoms with Gasteiger partial charge < -0.3 is 9.88 Å². The molecule has 0 unspecified atom stereocenters. The molecule has 0 bridgehead atoms. The molecule has 3 aromatic rings. The van der Waals surface area contributed by atoms with Gasteiger partial charge in [-0.05, 0) is 41.8 Å². The summed E-state index contributed by atoms with van der Waals surface area (Å²) in [5.41, 5.74) is 0.162. The lowest BCUT2D eigenvalue weighted by molar-refractivity contribution is -0.137. The van der Waals surface area contributed by atoms with Crippen LogP contribution in [0.1, 0.15) is 5.56 Å². The van der Waals surface area contributed by atoms with Crippen molar-refractivity contribution in [3.05, 3.63) is 60.3 Å². The maximum Gasteiger partial charge on any atom is 0.416 e. The summed E-state index contributed by atoms with van der Waals surface area (Å²) in [6.07, 6.45) is -2.54. The third-order valence-electron chi connectivity index (χ3n) is 3.92. The number of amides is 3. The van der Waals surface area contributed by atoms with E-state index in [9.17, 15) is 22.8 Å². The molecule has 3 amide bonds. The number of urea groups is 1. The number of aromatic nitrogens is 1. The third kappa shape index (κ3) is 3.39. The molecule has 134 valence electrons. The number of hydrogen-bond acceptors (Lipinski definition) is 2. The molecule has 2 aromatic carbocycles. The van der Waals surface area contributed by atoms with Crippen LogP contribution in [0, 0.1) is 0 Å². The second kappa shape index (κ2) is 6.55. The molecule has 0 aliphatic rings. The van der Waals surface area contributed by atoms with Gasteiger partial charge in [0.05, 0.1) is 11.3 Å². The number of carbonyl (C=O) groups is 2. The molecule has 8 heteroatoms. The van der Waals surface area contributed by atoms with E-state index in [4.69, 9.17) is 0 Å². The smallest absolute Gasteiger partial charge is 0.350 e. The molecule has 3 rings (SSSR count). The van der Waals surface area contributed by atoms with Crippen LogP contribution in [-0.4, -0.2) is 17.0 Å². The number of nitrogens with one attached hydrogen (secondary N) is 1. The Balaban J connectivity index is 1.86. The van der Waals surface area contributed by atoms with E-state index >= 15 is 0 Å². The Labute approximate surface area is 146 Å². The average molecular weight is 361 g/mol. The third-order valence-corrected chi connectivity index (χ3v) is 3.92. The van der Waals surface area contributed by atoms with Gasteiger partial charge in [0.1, 0.15) is 0 Å². The predicted molar refractivity (Wildman–Crippen MR) is 91.9 cm³/mol. The molecule has 26 heavy (non-hydrogen) atoms. The molecule has 0 aliphatic carbocycles. The van der Waals surface area contributed by atoms with E-state index in [1.807, 2.05) is 23.9 Å². The zero-order valence-electron chi connectivity index (χ0n) is 13.6. The van der Waals surface area contributed by atoms with Crippen LogP contribution in [0.2, 0.25) is 0 Å². The van der Waals surface area contributed by atoms with Gasteiger partial charge in [0.2, 0.25) is 6.41 Å². The number of nitrogens with zero attached hydrogens (tertiary/aromatic N) is 2. The molecule has 1 N–H and O–H groups in total. The van der Waals surface area contributed by atoms with Crippen LogP contribution < -0.4 is 10.2 Å². The van der Waals surface area contributed by atoms with Gasteiger partial charge >= 0.3 is 12.2 Å². The van der Waals surface area contributed by atoms with Crippen LogP contribution in [0.25, 0.3) is 10.9 Å². The SMILES string of the molecule is Cn1ccc2ccc(NC(=O)N(C=O)c3cccc(C(F)(F)F)c3)cc21. The summed E-state index contributed by atoms with van der Waals surface area (Å²) in [6.45, 7) is 0. The summed E-state index contributed by atoms with van der Waals surface area (Å²) >= 11 is 0. The Morgan fingerprint density at radius 1 is 1.15 bits per heavy atom. The minimum atomic E-state index is -4.57. The van der Waals surface area contributed by atoms with E-state index in [1.54, 1.807) is 18.2 Å². The fraction of sp³-hybridized carbons (Fsp3) is 0.111. The van der Waals surface area contributed by atoms with Crippen LogP contribution in [0.15, 0.2) is 54.7 Å². The molecule has 5 nitrogen and oxygen atoms in total. The molecule has 0 saturated carbocycles. The van der Waals surface area contributed by atoms with E-state index in [2.05, 4.69) is 5.32 Å². The zero-order chi connectivity index (χ0) is 18.9. The van der Waals surface area contributed by atoms with Gasteiger partial charge in [-0.3, -0.25) is 4.79 Å². The van der Waals surface area contributed by atoms with E-state index in [-0.39, 0.29) is 12.1 Å². The van der Waals surface area contributed by atoms with Crippen molar-refractivity contribution in [1.82, 2.24) is 4.57 Å². The van der Waals surface area contributed by atoms with Gasteiger partial charge in [-0.1, -0.05) is 12.1 Å². The number of anilines is 2. The predicted octanol–water partition coefficient (Wildman–Crippen LogP) is 4.39. The van der Waals surface area contributed by atoms with Crippen LogP contribution in [0.4, 0.5) is 29.3 Å². The lowest BCUT2D eigenvalue weighted by atomic mass is 10.2. The maximum atomic E-state index is 12.8. The Bertz CT molecular complexity index is 979. The van der Waals surface area contributed by atoms with Gasteiger partial charge in [-0.2, -0.15) is 13.2 Å². The van der Waals surface area contributed by atoms with Gasteiger partial charge in [0, 0.05) is 24.4 Å². The van der Waals surface area contributed by atoms with Gasteiger partial charge in [-0.15, -0.1) is 0 Å². The van der Waals surface area contributed by atoms with Gasteiger partial charge in [-0.25, -0.2) is 9.69 Å². The zero-order valence-corrected chi connectivity index (χ0v) is 13.6. The Kier molecular flexibility index (Phi) is 4.41. The van der Waals surface area contributed by atoms with Crippen molar-refractivity contribution in [2.45, 2.75) is 6.18 Å². The van der Waals surface area contributed by atoms with Crippen LogP contribution in [0.5, 0.6) is 0 Å². The van der Waals surface area contributed by atoms with Crippen molar-refractivity contribution in [3.63, 3.8) is 0 Å². The highest BCUT2D eigenvalue weighted by molar-refractivity contribution is 6.12. The minimum Gasteiger partial charge on any atom is -0.350 e. The summed E-state index contributed by atoms with van der Waals surface area (Å²) in [6, 6.07) is 10.2. The van der Waals surface area contributed by atoms with Crippen molar-refractivity contribution < 1.29 is 22.8 Å². The number of benzene rings is 2. The molecule has 0 radical (unpaired) electrons. The second-order valence-corrected chi connectivity index (χ2v) is 5.65. The molecular weight excluding hydrogens is 347 g/mol. The van der Waals surface area contributed by atoms with Crippen LogP contribution in [0.3, 0.4) is 0 Å². The first-order chi connectivity index (χ1) is 12.3. The first-order valence-electron chi connectivity index (χ1n) is 7.57. The van der Waals surface area contributed by atoms with Gasteiger partial charge in [0.25, 0.3) is 0 Å². The quantitative estimate of drug-likeness (QED) is 0.704. The molecule has 1 aromatic heterocycles. The van der Waals surface area contributed by atoms with E-state index in [1.165, 1.54) is 6.07 Å². The summed E-state index contributed by atoms with van der Waals surface area (Å²) in [5, 5.41) is 3.49. The molecular formula is C18H14F3N3O2. The standard InChI is InChI=1S/C18H14F3N3O2/c1-23-8-7-12-5-6-14(10-16(12)23)22-17(26)24(11-25)15-4-2-3-13(9-15)18(19,20)21/h2-11H,1H3,(H,22,26). The molecule has 0 spiro atoms. The number of alkyl halides is 3. The molecule has 0 saturated heterocycles. The summed E-state index contributed by atoms with van der Waals surface area (Å²) in [5.74, 6) is 0. The fourth-order valence-corrected chi connectivity index (χ4v) is 2.58. The Morgan fingerprint density at radius 2 is 1.92 bits per heavy atom. The highest BCUT2D eigenvalue weighted by Gasteiger charge is 2.31. The molecule has 0 fully saturated rings. The lowest BCUT2D eigenvalue weighted by Gasteiger charge is -2.18. The van der Waals surface area contributed by atoms with Crippen LogP contribution >= 0.6 is 0 Å². The minimum absolute atomic E-state index is 0.172. The number of hydrogen-bond donors (Lipinski definition) is 1. The first-order valence-corrected chi connectivity index (χ1v) is 7.57. The van der Waals surface area contributed by atoms with Crippen molar-refractivity contribution >= 4 is 34.7 Å². The van der Waals surface area contributed by atoms with Crippen molar-refractivity contribution in [3.8, 4) is 0 Å². The number of halogens is 3. The summed E-state index contributed by atoms with van der Waals surface area (Å²) in [7, 11) is 1.84. The number of rotatable bonds is 3. The van der Waals surface area contributed by atoms with Crippen molar-refractivity contribution in [2.24, 2.45) is 7.05 Å². The van der Waals surface area contributed by atoms with Crippen molar-refractivity contribution in [1.29, 1.82) is 0 Å². The molecule has 1 heterocycles. The fourth-order valence-electron chi connectivity index (χ4n) is 2.58. The second-order valence-electron chi connectivity index (χ2n) is 5.65. The van der Waals surface area contributed by atoms with E-state index in [0.717, 1.165) is 29.1 Å². The first kappa shape index (κ1) is 17.5. The normalized spacial score (nSPS) is 11.4. The van der Waals surface area contributed by atoms with Crippen molar-refractivity contribution in [2.75, 3.05) is 10.2 Å². The van der Waals surface area contributed by atoms with Gasteiger partial charge in [0.15, 0.2) is 0 Å². The highest BCUT2D eigenvalue weighted by atomic mass is 19.4. The Hall–Kier alpha value is -3.29. The van der Waals surface area contributed by atoms with E-state index < -0.39 is 17.8 Å². The van der Waals surface area contributed by atoms with E-state index in [0.29, 0.717) is 10.6 Å². The topological polar surface area (TPSA) is 54.3 Å². The number of imide groups is 1. The maximum absolute atomic E-state index is 12.8. The number of fused-ring (bicyclic) bond motifs is 1. The number of carbonyl (C=O) groups excluding carboxylic acids is 2. The number of aryl methyl sites for hydroxylation is 1. The molecule has 0 atom stereocenters. The largest absolute Gasteiger partial charge is 0.416 e. The lowest BCUT2D eigenvalue weighted by Crippen LogP contribution is -2.33. The summed E-state index contributed by atoms with van der Waals surface area (Å²) < 4.78 is 40.3. The summed E-state index contributed by atoms with van der Waals surface area (Å²) in [4.78, 5) is 24.3. The molecule has 0 aliphatic heterocycles. The average Bonchev–Trinajstić information content (AvgIpc) is 2.96. The highest BCUT2D eigenvalue weighted by Crippen LogP contribution is 2.31.